The highest BCUT2D eigenvalue weighted by molar-refractivity contribution is 6.14. The normalized spacial score (nSPS) is 10.2. The molecule has 0 fully saturated rings. The van der Waals surface area contributed by atoms with Crippen LogP contribution < -0.4 is 4.74 Å². The van der Waals surface area contributed by atoms with Crippen molar-refractivity contribution >= 4 is 5.78 Å². The van der Waals surface area contributed by atoms with Gasteiger partial charge in [-0.1, -0.05) is 0 Å². The number of carbonyl (C=O) groups is 1. The van der Waals surface area contributed by atoms with Crippen LogP contribution in [0.25, 0.3) is 0 Å². The highest BCUT2D eigenvalue weighted by Gasteiger charge is 2.22. The van der Waals surface area contributed by atoms with Gasteiger partial charge in [-0.05, 0) is 18.2 Å². The van der Waals surface area contributed by atoms with Crippen molar-refractivity contribution in [3.63, 3.8) is 0 Å². The van der Waals surface area contributed by atoms with Crippen LogP contribution in [0.15, 0.2) is 30.3 Å². The maximum atomic E-state index is 12.3. The minimum atomic E-state index is -0.743. The fraction of sp³-hybridized carbons (Fsp3) is 0.0714. The molecular weight excluding hydrogens is 264 g/mol. The Hall–Kier alpha value is -2.89. The quantitative estimate of drug-likeness (QED) is 0.636. The molecule has 0 heterocycles. The number of phenolic OH excluding ortho intramolecular Hbond substituents is 4. The Labute approximate surface area is 114 Å². The van der Waals surface area contributed by atoms with Gasteiger partial charge in [0.2, 0.25) is 5.78 Å². The minimum Gasteiger partial charge on any atom is -0.508 e. The lowest BCUT2D eigenvalue weighted by molar-refractivity contribution is 0.103. The third-order valence-electron chi connectivity index (χ3n) is 2.74. The van der Waals surface area contributed by atoms with Crippen LogP contribution in [0.4, 0.5) is 0 Å². The molecule has 0 aliphatic carbocycles. The first-order chi connectivity index (χ1) is 9.43. The minimum absolute atomic E-state index is 0.0243. The summed E-state index contributed by atoms with van der Waals surface area (Å²) in [5.74, 6) is -2.24. The van der Waals surface area contributed by atoms with E-state index in [1.807, 2.05) is 0 Å². The molecule has 20 heavy (non-hydrogen) atoms. The molecule has 0 aliphatic heterocycles. The number of methoxy groups -OCH3 is 1. The van der Waals surface area contributed by atoms with Gasteiger partial charge in [0.25, 0.3) is 0 Å². The lowest BCUT2D eigenvalue weighted by Gasteiger charge is -2.10. The third kappa shape index (κ3) is 2.31. The second kappa shape index (κ2) is 5.00. The molecule has 0 aromatic heterocycles. The molecule has 2 rings (SSSR count). The predicted molar refractivity (Wildman–Crippen MR) is 69.5 cm³/mol. The molecule has 0 saturated carbocycles. The van der Waals surface area contributed by atoms with Crippen LogP contribution in [-0.2, 0) is 0 Å². The first kappa shape index (κ1) is 13.5. The number of hydrogen-bond acceptors (Lipinski definition) is 6. The SMILES string of the molecule is COc1ccc(O)cc1C(=O)c1c(O)cc(O)cc1O. The number of rotatable bonds is 3. The van der Waals surface area contributed by atoms with E-state index in [0.29, 0.717) is 0 Å². The van der Waals surface area contributed by atoms with Crippen molar-refractivity contribution in [3.05, 3.63) is 41.5 Å². The van der Waals surface area contributed by atoms with Crippen molar-refractivity contribution in [2.24, 2.45) is 0 Å². The molecule has 104 valence electrons. The van der Waals surface area contributed by atoms with Crippen molar-refractivity contribution in [1.29, 1.82) is 0 Å². The topological polar surface area (TPSA) is 107 Å². The summed E-state index contributed by atoms with van der Waals surface area (Å²) < 4.78 is 5.00. The van der Waals surface area contributed by atoms with Gasteiger partial charge in [0, 0.05) is 12.1 Å². The zero-order valence-corrected chi connectivity index (χ0v) is 10.5. The summed E-state index contributed by atoms with van der Waals surface area (Å²) >= 11 is 0. The maximum absolute atomic E-state index is 12.3. The number of hydrogen-bond donors (Lipinski definition) is 4. The highest BCUT2D eigenvalue weighted by atomic mass is 16.5. The largest absolute Gasteiger partial charge is 0.508 e. The molecule has 0 atom stereocenters. The van der Waals surface area contributed by atoms with Gasteiger partial charge < -0.3 is 25.2 Å². The maximum Gasteiger partial charge on any atom is 0.204 e. The Morgan fingerprint density at radius 1 is 0.950 bits per heavy atom. The number of aromatic hydroxyl groups is 4. The molecule has 0 bridgehead atoms. The van der Waals surface area contributed by atoms with E-state index in [1.165, 1.54) is 19.2 Å². The van der Waals surface area contributed by atoms with Gasteiger partial charge >= 0.3 is 0 Å². The van der Waals surface area contributed by atoms with Crippen LogP contribution in [-0.4, -0.2) is 33.3 Å². The Kier molecular flexibility index (Phi) is 3.39. The summed E-state index contributed by atoms with van der Waals surface area (Å²) in [7, 11) is 1.35. The lowest BCUT2D eigenvalue weighted by atomic mass is 10.00. The molecule has 6 heteroatoms. The second-order valence-corrected chi connectivity index (χ2v) is 4.07. The van der Waals surface area contributed by atoms with E-state index in [1.54, 1.807) is 0 Å². The van der Waals surface area contributed by atoms with Gasteiger partial charge in [-0.25, -0.2) is 0 Å². The lowest BCUT2D eigenvalue weighted by Crippen LogP contribution is -2.04. The molecule has 0 amide bonds. The van der Waals surface area contributed by atoms with E-state index in [9.17, 15) is 25.2 Å². The fourth-order valence-electron chi connectivity index (χ4n) is 1.84. The van der Waals surface area contributed by atoms with E-state index in [-0.39, 0.29) is 28.4 Å². The number of phenols is 4. The summed E-state index contributed by atoms with van der Waals surface area (Å²) in [6.45, 7) is 0. The average Bonchev–Trinajstić information content (AvgIpc) is 2.37. The van der Waals surface area contributed by atoms with Gasteiger partial charge in [0.05, 0.1) is 12.7 Å². The molecule has 2 aromatic rings. The number of benzene rings is 2. The smallest absolute Gasteiger partial charge is 0.204 e. The Morgan fingerprint density at radius 3 is 2.10 bits per heavy atom. The van der Waals surface area contributed by atoms with Crippen LogP contribution in [0.2, 0.25) is 0 Å². The van der Waals surface area contributed by atoms with Crippen molar-refractivity contribution < 1.29 is 30.0 Å². The molecule has 6 nitrogen and oxygen atoms in total. The molecule has 0 aliphatic rings. The summed E-state index contributed by atoms with van der Waals surface area (Å²) in [5.41, 5.74) is -0.407. The summed E-state index contributed by atoms with van der Waals surface area (Å²) in [5, 5.41) is 38.0. The summed E-state index contributed by atoms with van der Waals surface area (Å²) in [4.78, 5) is 12.3. The van der Waals surface area contributed by atoms with E-state index in [4.69, 9.17) is 4.74 Å². The molecular formula is C14H12O6. The molecule has 0 unspecified atom stereocenters. The van der Waals surface area contributed by atoms with Gasteiger partial charge in [-0.15, -0.1) is 0 Å². The molecule has 0 spiro atoms. The third-order valence-corrected chi connectivity index (χ3v) is 2.74. The standard InChI is InChI=1S/C14H12O6/c1-20-12-3-2-7(15)4-9(12)14(19)13-10(17)5-8(16)6-11(13)18/h2-6,15-18H,1H3. The molecule has 0 saturated heterocycles. The van der Waals surface area contributed by atoms with Crippen LogP contribution in [0, 0.1) is 0 Å². The van der Waals surface area contributed by atoms with Crippen LogP contribution in [0.1, 0.15) is 15.9 Å². The second-order valence-electron chi connectivity index (χ2n) is 4.07. The van der Waals surface area contributed by atoms with Crippen molar-refractivity contribution in [1.82, 2.24) is 0 Å². The van der Waals surface area contributed by atoms with E-state index in [2.05, 4.69) is 0 Å². The number of ketones is 1. The summed E-state index contributed by atoms with van der Waals surface area (Å²) in [6.07, 6.45) is 0. The predicted octanol–water partition coefficient (Wildman–Crippen LogP) is 1.75. The molecule has 4 N–H and O–H groups in total. The van der Waals surface area contributed by atoms with Crippen molar-refractivity contribution in [3.8, 4) is 28.7 Å². The van der Waals surface area contributed by atoms with Gasteiger partial charge in [-0.2, -0.15) is 0 Å². The highest BCUT2D eigenvalue weighted by Crippen LogP contribution is 2.36. The van der Waals surface area contributed by atoms with Crippen LogP contribution in [0.3, 0.4) is 0 Å². The van der Waals surface area contributed by atoms with Gasteiger partial charge in [0.1, 0.15) is 34.3 Å². The first-order valence-electron chi connectivity index (χ1n) is 5.60. The first-order valence-corrected chi connectivity index (χ1v) is 5.60. The van der Waals surface area contributed by atoms with E-state index in [0.717, 1.165) is 18.2 Å². The van der Waals surface area contributed by atoms with Crippen LogP contribution >= 0.6 is 0 Å². The molecule has 2 aromatic carbocycles. The number of carbonyl (C=O) groups excluding carboxylic acids is 1. The fourth-order valence-corrected chi connectivity index (χ4v) is 1.84. The van der Waals surface area contributed by atoms with E-state index >= 15 is 0 Å². The van der Waals surface area contributed by atoms with Gasteiger partial charge in [-0.3, -0.25) is 4.79 Å². The van der Waals surface area contributed by atoms with Crippen molar-refractivity contribution in [2.45, 2.75) is 0 Å². The zero-order chi connectivity index (χ0) is 14.9. The Balaban J connectivity index is 2.60. The van der Waals surface area contributed by atoms with Crippen LogP contribution in [0.5, 0.6) is 28.7 Å². The van der Waals surface area contributed by atoms with Crippen molar-refractivity contribution in [2.75, 3.05) is 7.11 Å². The summed E-state index contributed by atoms with van der Waals surface area (Å²) in [6, 6.07) is 5.75. The number of ether oxygens (including phenoxy) is 1. The monoisotopic (exact) mass is 276 g/mol. The Morgan fingerprint density at radius 2 is 1.55 bits per heavy atom. The average molecular weight is 276 g/mol. The van der Waals surface area contributed by atoms with Gasteiger partial charge in [0.15, 0.2) is 0 Å². The zero-order valence-electron chi connectivity index (χ0n) is 10.5. The van der Waals surface area contributed by atoms with E-state index < -0.39 is 17.3 Å². The molecule has 0 radical (unpaired) electrons. The Bertz CT molecular complexity index is 654.